The lowest BCUT2D eigenvalue weighted by Crippen LogP contribution is -2.65. The van der Waals surface area contributed by atoms with Crippen molar-refractivity contribution in [1.29, 1.82) is 0 Å². The third kappa shape index (κ3) is 2.54. The zero-order valence-electron chi connectivity index (χ0n) is 18.7. The van der Waals surface area contributed by atoms with E-state index in [4.69, 9.17) is 4.74 Å². The maximum atomic E-state index is 6.47. The van der Waals surface area contributed by atoms with Gasteiger partial charge in [0.05, 0.1) is 5.69 Å². The largest absolute Gasteiger partial charge is 0.487 e. The summed E-state index contributed by atoms with van der Waals surface area (Å²) in [5.41, 5.74) is 4.65. The topological polar surface area (TPSA) is 27.7 Å². The SMILES string of the molecule is CN1c2ccccc2C(C)(C)C12COc1ccc3ccc(N4CCCCC4)cc3c1N2. The number of nitrogens with zero attached hydrogens (tertiary/aromatic N) is 2. The van der Waals surface area contributed by atoms with Crippen LogP contribution in [0.2, 0.25) is 0 Å². The standard InChI is InChI=1S/C27H31N3O/c1-26(2)22-9-5-6-10-23(22)29(3)27(26)18-31-24-14-12-19-11-13-20(17-21(19)25(24)28-27)30-15-7-4-8-16-30/h5-6,9-14,17,28H,4,7-8,15-16,18H2,1-3H3. The lowest BCUT2D eigenvalue weighted by Gasteiger charge is -2.49. The highest BCUT2D eigenvalue weighted by Gasteiger charge is 2.58. The highest BCUT2D eigenvalue weighted by atomic mass is 16.5. The molecule has 3 heterocycles. The molecular formula is C27H31N3O. The first-order valence-corrected chi connectivity index (χ1v) is 11.6. The fourth-order valence-electron chi connectivity index (χ4n) is 5.97. The van der Waals surface area contributed by atoms with Crippen molar-refractivity contribution in [2.45, 2.75) is 44.2 Å². The average molecular weight is 414 g/mol. The molecule has 1 atom stereocenters. The highest BCUT2D eigenvalue weighted by molar-refractivity contribution is 6.00. The molecule has 0 saturated carbocycles. The van der Waals surface area contributed by atoms with E-state index in [1.807, 2.05) is 0 Å². The lowest BCUT2D eigenvalue weighted by molar-refractivity contribution is 0.165. The van der Waals surface area contributed by atoms with E-state index in [9.17, 15) is 0 Å². The van der Waals surface area contributed by atoms with Gasteiger partial charge in [-0.2, -0.15) is 0 Å². The Morgan fingerprint density at radius 3 is 2.52 bits per heavy atom. The molecule has 6 rings (SSSR count). The van der Waals surface area contributed by atoms with Crippen LogP contribution in [0.5, 0.6) is 5.75 Å². The molecule has 3 aliphatic rings. The van der Waals surface area contributed by atoms with E-state index >= 15 is 0 Å². The molecule has 3 aliphatic heterocycles. The molecule has 0 bridgehead atoms. The minimum absolute atomic E-state index is 0.108. The summed E-state index contributed by atoms with van der Waals surface area (Å²) in [6.07, 6.45) is 3.92. The van der Waals surface area contributed by atoms with Crippen molar-refractivity contribution in [2.24, 2.45) is 0 Å². The van der Waals surface area contributed by atoms with Crippen LogP contribution in [0.25, 0.3) is 10.8 Å². The van der Waals surface area contributed by atoms with Crippen molar-refractivity contribution >= 4 is 27.8 Å². The van der Waals surface area contributed by atoms with Crippen molar-refractivity contribution < 1.29 is 4.74 Å². The Morgan fingerprint density at radius 1 is 0.935 bits per heavy atom. The Morgan fingerprint density at radius 2 is 1.71 bits per heavy atom. The zero-order chi connectivity index (χ0) is 21.2. The predicted octanol–water partition coefficient (Wildman–Crippen LogP) is 5.76. The predicted molar refractivity (Wildman–Crippen MR) is 130 cm³/mol. The number of para-hydroxylation sites is 1. The van der Waals surface area contributed by atoms with Gasteiger partial charge in [0.1, 0.15) is 12.4 Å². The van der Waals surface area contributed by atoms with Crippen LogP contribution in [-0.4, -0.2) is 32.4 Å². The van der Waals surface area contributed by atoms with Gasteiger partial charge < -0.3 is 19.9 Å². The summed E-state index contributed by atoms with van der Waals surface area (Å²) in [6, 6.07) is 20.0. The summed E-state index contributed by atoms with van der Waals surface area (Å²) in [5, 5.41) is 6.52. The smallest absolute Gasteiger partial charge is 0.155 e. The van der Waals surface area contributed by atoms with E-state index in [0.717, 1.165) is 24.5 Å². The summed E-state index contributed by atoms with van der Waals surface area (Å²) in [6.45, 7) is 7.58. The van der Waals surface area contributed by atoms with Crippen molar-refractivity contribution in [3.63, 3.8) is 0 Å². The number of benzene rings is 3. The second-order valence-corrected chi connectivity index (χ2v) is 9.87. The van der Waals surface area contributed by atoms with E-state index in [1.165, 1.54) is 47.0 Å². The molecule has 0 aromatic heterocycles. The number of piperidine rings is 1. The van der Waals surface area contributed by atoms with Gasteiger partial charge >= 0.3 is 0 Å². The molecule has 0 radical (unpaired) electrons. The van der Waals surface area contributed by atoms with Crippen LogP contribution >= 0.6 is 0 Å². The van der Waals surface area contributed by atoms with Gasteiger partial charge in [-0.25, -0.2) is 0 Å². The van der Waals surface area contributed by atoms with Gasteiger partial charge in [-0.05, 0) is 54.5 Å². The van der Waals surface area contributed by atoms with Crippen LogP contribution in [0.1, 0.15) is 38.7 Å². The third-order valence-corrected chi connectivity index (χ3v) is 8.00. The van der Waals surface area contributed by atoms with E-state index in [0.29, 0.717) is 6.61 Å². The molecule has 1 unspecified atom stereocenters. The number of hydrogen-bond acceptors (Lipinski definition) is 4. The second kappa shape index (κ2) is 6.56. The number of likely N-dealkylation sites (N-methyl/N-ethyl adjacent to an activating group) is 1. The van der Waals surface area contributed by atoms with Crippen LogP contribution in [0.3, 0.4) is 0 Å². The van der Waals surface area contributed by atoms with Gasteiger partial charge in [0.25, 0.3) is 0 Å². The van der Waals surface area contributed by atoms with Crippen LogP contribution in [0, 0.1) is 0 Å². The molecule has 1 N–H and O–H groups in total. The van der Waals surface area contributed by atoms with Crippen molar-refractivity contribution in [3.05, 3.63) is 60.2 Å². The van der Waals surface area contributed by atoms with Gasteiger partial charge in [0, 0.05) is 42.3 Å². The Bertz CT molecular complexity index is 1160. The molecule has 3 aromatic carbocycles. The maximum Gasteiger partial charge on any atom is 0.155 e. The molecule has 0 amide bonds. The molecular weight excluding hydrogens is 382 g/mol. The molecule has 1 saturated heterocycles. The number of hydrogen-bond donors (Lipinski definition) is 1. The third-order valence-electron chi connectivity index (χ3n) is 8.00. The first kappa shape index (κ1) is 18.9. The Balaban J connectivity index is 1.48. The molecule has 0 aliphatic carbocycles. The molecule has 160 valence electrons. The minimum Gasteiger partial charge on any atom is -0.487 e. The van der Waals surface area contributed by atoms with Gasteiger partial charge in [-0.15, -0.1) is 0 Å². The summed E-state index contributed by atoms with van der Waals surface area (Å²) >= 11 is 0. The number of nitrogens with one attached hydrogen (secondary N) is 1. The molecule has 31 heavy (non-hydrogen) atoms. The number of anilines is 3. The molecule has 3 aromatic rings. The minimum atomic E-state index is -0.334. The molecule has 1 fully saturated rings. The monoisotopic (exact) mass is 413 g/mol. The summed E-state index contributed by atoms with van der Waals surface area (Å²) in [4.78, 5) is 4.92. The first-order valence-electron chi connectivity index (χ1n) is 11.6. The van der Waals surface area contributed by atoms with E-state index in [-0.39, 0.29) is 11.1 Å². The van der Waals surface area contributed by atoms with E-state index in [1.54, 1.807) is 0 Å². The number of fused-ring (bicyclic) bond motifs is 4. The Labute approximate surface area is 184 Å². The summed E-state index contributed by atoms with van der Waals surface area (Å²) < 4.78 is 6.47. The van der Waals surface area contributed by atoms with Gasteiger partial charge in [0.15, 0.2) is 5.66 Å². The van der Waals surface area contributed by atoms with E-state index in [2.05, 4.69) is 90.6 Å². The summed E-state index contributed by atoms with van der Waals surface area (Å²) in [7, 11) is 2.19. The maximum absolute atomic E-state index is 6.47. The van der Waals surface area contributed by atoms with Crippen LogP contribution in [0.4, 0.5) is 17.1 Å². The quantitative estimate of drug-likeness (QED) is 0.549. The lowest BCUT2D eigenvalue weighted by atomic mass is 9.75. The average Bonchev–Trinajstić information content (AvgIpc) is 2.98. The van der Waals surface area contributed by atoms with Crippen LogP contribution in [-0.2, 0) is 5.41 Å². The fourth-order valence-corrected chi connectivity index (χ4v) is 5.97. The first-order chi connectivity index (χ1) is 15.0. The number of ether oxygens (including phenoxy) is 1. The molecule has 4 nitrogen and oxygen atoms in total. The van der Waals surface area contributed by atoms with Gasteiger partial charge in [-0.3, -0.25) is 0 Å². The van der Waals surface area contributed by atoms with Crippen LogP contribution in [0.15, 0.2) is 54.6 Å². The molecule has 4 heteroatoms. The van der Waals surface area contributed by atoms with Crippen molar-refractivity contribution in [3.8, 4) is 5.75 Å². The van der Waals surface area contributed by atoms with E-state index < -0.39 is 0 Å². The number of rotatable bonds is 1. The van der Waals surface area contributed by atoms with Crippen molar-refractivity contribution in [2.75, 3.05) is 41.9 Å². The fraction of sp³-hybridized carbons (Fsp3) is 0.407. The Kier molecular flexibility index (Phi) is 3.99. The van der Waals surface area contributed by atoms with Crippen LogP contribution < -0.4 is 19.9 Å². The van der Waals surface area contributed by atoms with Gasteiger partial charge in [0.2, 0.25) is 0 Å². The zero-order valence-corrected chi connectivity index (χ0v) is 18.7. The van der Waals surface area contributed by atoms with Crippen molar-refractivity contribution in [1.82, 2.24) is 0 Å². The Hall–Kier alpha value is -2.88. The summed E-state index contributed by atoms with van der Waals surface area (Å²) in [5.74, 6) is 0.953. The van der Waals surface area contributed by atoms with Gasteiger partial charge in [-0.1, -0.05) is 44.2 Å². The normalized spacial score (nSPS) is 24.0. The second-order valence-electron chi connectivity index (χ2n) is 9.87. The highest BCUT2D eigenvalue weighted by Crippen LogP contribution is 2.54. The molecule has 1 spiro atoms.